The molecule has 5 heteroatoms. The first kappa shape index (κ1) is 21.3. The molecule has 2 heterocycles. The molecule has 0 spiro atoms. The fraction of sp³-hybridized carbons (Fsp3) is 0.385. The number of aliphatic hydroxyl groups is 1. The highest BCUT2D eigenvalue weighted by atomic mass is 16.5. The van der Waals surface area contributed by atoms with Gasteiger partial charge in [-0.3, -0.25) is 0 Å². The number of methoxy groups -OCH3 is 1. The average molecular weight is 423 g/mol. The first-order valence-corrected chi connectivity index (χ1v) is 10.6. The van der Waals surface area contributed by atoms with Crippen LogP contribution in [0.2, 0.25) is 0 Å². The molecule has 0 aromatic heterocycles. The van der Waals surface area contributed by atoms with Gasteiger partial charge in [-0.05, 0) is 64.3 Å². The van der Waals surface area contributed by atoms with Gasteiger partial charge < -0.3 is 24.4 Å². The van der Waals surface area contributed by atoms with Gasteiger partial charge in [0.25, 0.3) is 0 Å². The Bertz CT molecular complexity index is 1070. The maximum Gasteiger partial charge on any atom is 0.168 e. The van der Waals surface area contributed by atoms with Crippen LogP contribution in [0.1, 0.15) is 56.1 Å². The first-order chi connectivity index (χ1) is 14.7. The molecule has 0 amide bonds. The van der Waals surface area contributed by atoms with Crippen LogP contribution in [0.5, 0.6) is 23.0 Å². The second kappa shape index (κ2) is 7.97. The molecule has 2 aliphatic heterocycles. The first-order valence-electron chi connectivity index (χ1n) is 10.6. The third-order valence-electron chi connectivity index (χ3n) is 5.96. The number of fused-ring (bicyclic) bond motifs is 5. The minimum atomic E-state index is -1.31. The summed E-state index contributed by atoms with van der Waals surface area (Å²) < 4.78 is 17.9. The van der Waals surface area contributed by atoms with Gasteiger partial charge in [-0.15, -0.1) is 0 Å². The van der Waals surface area contributed by atoms with Gasteiger partial charge in [-0.1, -0.05) is 23.3 Å². The zero-order chi connectivity index (χ0) is 22.3. The number of aromatic hydroxyl groups is 1. The van der Waals surface area contributed by atoms with Gasteiger partial charge in [0.1, 0.15) is 29.6 Å². The lowest BCUT2D eigenvalue weighted by Crippen LogP contribution is -2.41. The normalized spacial score (nSPS) is 20.5. The predicted octanol–water partition coefficient (Wildman–Crippen LogP) is 5.13. The molecular formula is C26H30O5. The molecule has 0 fully saturated rings. The summed E-state index contributed by atoms with van der Waals surface area (Å²) in [5, 5.41) is 22.1. The smallest absolute Gasteiger partial charge is 0.168 e. The molecule has 2 unspecified atom stereocenters. The van der Waals surface area contributed by atoms with E-state index in [1.54, 1.807) is 13.2 Å². The Kier molecular flexibility index (Phi) is 5.48. The van der Waals surface area contributed by atoms with E-state index in [0.29, 0.717) is 29.9 Å². The van der Waals surface area contributed by atoms with Crippen LogP contribution < -0.4 is 14.2 Å². The van der Waals surface area contributed by atoms with E-state index < -0.39 is 11.7 Å². The second-order valence-corrected chi connectivity index (χ2v) is 8.82. The van der Waals surface area contributed by atoms with E-state index in [4.69, 9.17) is 14.2 Å². The van der Waals surface area contributed by atoms with E-state index in [0.717, 1.165) is 22.4 Å². The lowest BCUT2D eigenvalue weighted by molar-refractivity contribution is -0.0865. The molecule has 164 valence electrons. The predicted molar refractivity (Wildman–Crippen MR) is 120 cm³/mol. The van der Waals surface area contributed by atoms with E-state index in [1.165, 1.54) is 11.1 Å². The van der Waals surface area contributed by atoms with Gasteiger partial charge >= 0.3 is 0 Å². The van der Waals surface area contributed by atoms with Gasteiger partial charge in [-0.2, -0.15) is 0 Å². The van der Waals surface area contributed by atoms with Crippen LogP contribution in [0.3, 0.4) is 0 Å². The van der Waals surface area contributed by atoms with Crippen molar-refractivity contribution in [1.82, 2.24) is 0 Å². The molecule has 2 aromatic rings. The quantitative estimate of drug-likeness (QED) is 0.654. The van der Waals surface area contributed by atoms with Crippen molar-refractivity contribution in [2.75, 3.05) is 13.7 Å². The Hall–Kier alpha value is -2.92. The fourth-order valence-corrected chi connectivity index (χ4v) is 4.23. The summed E-state index contributed by atoms with van der Waals surface area (Å²) in [7, 11) is 1.64. The summed E-state index contributed by atoms with van der Waals surface area (Å²) in [5.74, 6) is 2.11. The van der Waals surface area contributed by atoms with E-state index >= 15 is 0 Å². The standard InChI is InChI=1S/C26H30O5/c1-15(2)6-8-17-12-19-23(13-21(17)27)30-14-26(28)20-10-11-22(29-5)18(9-7-16(3)4)24(20)31-25(19)26/h6-7,10-13,25,27-28H,8-9,14H2,1-5H3. The van der Waals surface area contributed by atoms with E-state index in [1.807, 2.05) is 45.9 Å². The van der Waals surface area contributed by atoms with Crippen molar-refractivity contribution in [1.29, 1.82) is 0 Å². The summed E-state index contributed by atoms with van der Waals surface area (Å²) in [4.78, 5) is 0. The van der Waals surface area contributed by atoms with Gasteiger partial charge in [0.05, 0.1) is 7.11 Å². The van der Waals surface area contributed by atoms with Crippen molar-refractivity contribution in [3.63, 3.8) is 0 Å². The molecule has 2 N–H and O–H groups in total. The number of ether oxygens (including phenoxy) is 3. The van der Waals surface area contributed by atoms with Crippen molar-refractivity contribution >= 4 is 0 Å². The maximum absolute atomic E-state index is 11.7. The monoisotopic (exact) mass is 422 g/mol. The van der Waals surface area contributed by atoms with Crippen LogP contribution in [0.25, 0.3) is 0 Å². The van der Waals surface area contributed by atoms with Crippen molar-refractivity contribution < 1.29 is 24.4 Å². The lowest BCUT2D eigenvalue weighted by atomic mass is 9.83. The molecule has 2 aromatic carbocycles. The third kappa shape index (κ3) is 3.68. The van der Waals surface area contributed by atoms with E-state index in [9.17, 15) is 10.2 Å². The molecule has 2 aliphatic rings. The molecule has 2 atom stereocenters. The molecule has 0 bridgehead atoms. The number of hydrogen-bond acceptors (Lipinski definition) is 5. The van der Waals surface area contributed by atoms with Gasteiger partial charge in [-0.25, -0.2) is 0 Å². The van der Waals surface area contributed by atoms with Crippen molar-refractivity contribution in [2.24, 2.45) is 0 Å². The third-order valence-corrected chi connectivity index (χ3v) is 5.96. The number of phenols is 1. The molecular weight excluding hydrogens is 392 g/mol. The lowest BCUT2D eigenvalue weighted by Gasteiger charge is -2.35. The molecule has 0 saturated heterocycles. The summed E-state index contributed by atoms with van der Waals surface area (Å²) in [5.41, 5.74) is 4.20. The van der Waals surface area contributed by atoms with Crippen molar-refractivity contribution in [3.05, 3.63) is 69.8 Å². The van der Waals surface area contributed by atoms with E-state index in [-0.39, 0.29) is 12.4 Å². The van der Waals surface area contributed by atoms with Crippen LogP contribution in [0.15, 0.2) is 47.6 Å². The topological polar surface area (TPSA) is 68.2 Å². The minimum absolute atomic E-state index is 0.0544. The Morgan fingerprint density at radius 1 is 1.13 bits per heavy atom. The Labute approximate surface area is 183 Å². The molecule has 4 rings (SSSR count). The number of benzene rings is 2. The van der Waals surface area contributed by atoms with Gasteiger partial charge in [0.2, 0.25) is 0 Å². The van der Waals surface area contributed by atoms with Crippen LogP contribution in [-0.4, -0.2) is 23.9 Å². The van der Waals surface area contributed by atoms with Gasteiger partial charge in [0, 0.05) is 22.8 Å². The van der Waals surface area contributed by atoms with Crippen LogP contribution >= 0.6 is 0 Å². The summed E-state index contributed by atoms with van der Waals surface area (Å²) in [6.07, 6.45) is 4.80. The Morgan fingerprint density at radius 2 is 1.84 bits per heavy atom. The molecule has 0 radical (unpaired) electrons. The number of allylic oxidation sites excluding steroid dienone is 4. The fourth-order valence-electron chi connectivity index (χ4n) is 4.23. The summed E-state index contributed by atoms with van der Waals surface area (Å²) in [6, 6.07) is 7.25. The Morgan fingerprint density at radius 3 is 2.52 bits per heavy atom. The molecule has 5 nitrogen and oxygen atoms in total. The number of rotatable bonds is 5. The van der Waals surface area contributed by atoms with Crippen LogP contribution in [0.4, 0.5) is 0 Å². The molecule has 0 saturated carbocycles. The van der Waals surface area contributed by atoms with Crippen LogP contribution in [0, 0.1) is 0 Å². The highest BCUT2D eigenvalue weighted by molar-refractivity contribution is 5.60. The largest absolute Gasteiger partial charge is 0.508 e. The summed E-state index contributed by atoms with van der Waals surface area (Å²) in [6.45, 7) is 8.20. The van der Waals surface area contributed by atoms with Crippen molar-refractivity contribution in [3.8, 4) is 23.0 Å². The highest BCUT2D eigenvalue weighted by Gasteiger charge is 2.54. The Balaban J connectivity index is 1.81. The second-order valence-electron chi connectivity index (χ2n) is 8.82. The molecule has 0 aliphatic carbocycles. The van der Waals surface area contributed by atoms with Crippen molar-refractivity contribution in [2.45, 2.75) is 52.2 Å². The highest BCUT2D eigenvalue weighted by Crippen LogP contribution is 2.56. The molecule has 31 heavy (non-hydrogen) atoms. The summed E-state index contributed by atoms with van der Waals surface area (Å²) >= 11 is 0. The number of phenolic OH excluding ortho intramolecular Hbond substituents is 1. The number of hydrogen-bond donors (Lipinski definition) is 2. The zero-order valence-electron chi connectivity index (χ0n) is 18.8. The SMILES string of the molecule is COc1ccc2c(c1CC=C(C)C)OC1c3cc(CC=C(C)C)c(O)cc3OCC21O. The zero-order valence-corrected chi connectivity index (χ0v) is 18.8. The van der Waals surface area contributed by atoms with Crippen LogP contribution in [-0.2, 0) is 18.4 Å². The maximum atomic E-state index is 11.7. The van der Waals surface area contributed by atoms with Gasteiger partial charge in [0.15, 0.2) is 11.7 Å². The minimum Gasteiger partial charge on any atom is -0.508 e. The average Bonchev–Trinajstić information content (AvgIpc) is 3.03. The van der Waals surface area contributed by atoms with E-state index in [2.05, 4.69) is 12.2 Å².